The van der Waals surface area contributed by atoms with Gasteiger partial charge in [0.25, 0.3) is 15.7 Å². The summed E-state index contributed by atoms with van der Waals surface area (Å²) < 4.78 is 29.5. The molecule has 2 aromatic rings. The second kappa shape index (κ2) is 8.77. The summed E-state index contributed by atoms with van der Waals surface area (Å²) in [6, 6.07) is 12.1. The summed E-state index contributed by atoms with van der Waals surface area (Å²) in [5.74, 6) is 0.572. The van der Waals surface area contributed by atoms with Crippen LogP contribution in [0.4, 0.5) is 5.69 Å². The summed E-state index contributed by atoms with van der Waals surface area (Å²) in [5, 5.41) is 14.5. The zero-order valence-electron chi connectivity index (χ0n) is 13.9. The third-order valence-corrected chi connectivity index (χ3v) is 4.43. The Morgan fingerprint density at radius 1 is 1.19 bits per heavy atom. The van der Waals surface area contributed by atoms with E-state index in [0.717, 1.165) is 0 Å². The number of hydrogen-bond acceptors (Lipinski definition) is 6. The quantitative estimate of drug-likeness (QED) is 0.433. The van der Waals surface area contributed by atoms with Crippen molar-refractivity contribution in [3.8, 4) is 5.75 Å². The minimum Gasteiger partial charge on any atom is -0.494 e. The highest BCUT2D eigenvalue weighted by molar-refractivity contribution is 7.89. The molecule has 0 fully saturated rings. The lowest BCUT2D eigenvalue weighted by molar-refractivity contribution is -0.385. The Morgan fingerprint density at radius 2 is 1.88 bits per heavy atom. The molecule has 0 atom stereocenters. The summed E-state index contributed by atoms with van der Waals surface area (Å²) in [4.78, 5) is 12.5. The van der Waals surface area contributed by atoms with Gasteiger partial charge >= 0.3 is 0 Å². The molecule has 2 aromatic carbocycles. The van der Waals surface area contributed by atoms with Gasteiger partial charge in [-0.1, -0.05) is 12.1 Å². The van der Waals surface area contributed by atoms with E-state index in [0.29, 0.717) is 17.9 Å². The number of sulfonamides is 1. The van der Waals surface area contributed by atoms with Crippen LogP contribution in [0.3, 0.4) is 0 Å². The summed E-state index contributed by atoms with van der Waals surface area (Å²) in [6.45, 7) is 2.32. The van der Waals surface area contributed by atoms with Gasteiger partial charge in [-0.15, -0.1) is 0 Å². The normalized spacial score (nSPS) is 11.7. The predicted octanol–water partition coefficient (Wildman–Crippen LogP) is 2.97. The van der Waals surface area contributed by atoms with Crippen molar-refractivity contribution in [2.24, 2.45) is 5.10 Å². The van der Waals surface area contributed by atoms with E-state index in [4.69, 9.17) is 4.74 Å². The lowest BCUT2D eigenvalue weighted by Crippen LogP contribution is -2.18. The standard InChI is InChI=1S/C17H17N3O5S/c1-2-25-15-9-11-16(12-10-15)26(23,24)19-18-13-5-7-14-6-3-4-8-17(14)20(21)22/h3-13,19H,2H2,1H3. The Hall–Kier alpha value is -3.20. The van der Waals surface area contributed by atoms with Gasteiger partial charge in [-0.05, 0) is 49.4 Å². The fourth-order valence-corrected chi connectivity index (χ4v) is 2.82. The molecule has 9 heteroatoms. The molecule has 136 valence electrons. The molecule has 0 amide bonds. The number of nitro groups is 1. The maximum Gasteiger partial charge on any atom is 0.276 e. The molecule has 0 aliphatic rings. The number of nitrogens with zero attached hydrogens (tertiary/aromatic N) is 2. The van der Waals surface area contributed by atoms with Crippen molar-refractivity contribution >= 4 is 28.0 Å². The molecule has 0 aromatic heterocycles. The number of allylic oxidation sites excluding steroid dienone is 1. The maximum absolute atomic E-state index is 12.1. The predicted molar refractivity (Wildman–Crippen MR) is 98.6 cm³/mol. The summed E-state index contributed by atoms with van der Waals surface area (Å²) in [6.07, 6.45) is 4.07. The van der Waals surface area contributed by atoms with Crippen molar-refractivity contribution in [1.29, 1.82) is 0 Å². The molecule has 0 unspecified atom stereocenters. The van der Waals surface area contributed by atoms with Gasteiger partial charge in [-0.2, -0.15) is 13.5 Å². The molecular formula is C17H17N3O5S. The Balaban J connectivity index is 2.02. The molecule has 0 heterocycles. The second-order valence-electron chi connectivity index (χ2n) is 4.95. The van der Waals surface area contributed by atoms with Crippen LogP contribution in [-0.2, 0) is 10.0 Å². The van der Waals surface area contributed by atoms with Crippen LogP contribution in [0.1, 0.15) is 12.5 Å². The highest BCUT2D eigenvalue weighted by Crippen LogP contribution is 2.18. The van der Waals surface area contributed by atoms with Gasteiger partial charge in [0.05, 0.1) is 22.0 Å². The van der Waals surface area contributed by atoms with E-state index in [1.807, 2.05) is 6.92 Å². The zero-order valence-corrected chi connectivity index (χ0v) is 14.7. The smallest absolute Gasteiger partial charge is 0.276 e. The van der Waals surface area contributed by atoms with E-state index in [2.05, 4.69) is 9.93 Å². The molecule has 0 saturated heterocycles. The van der Waals surface area contributed by atoms with E-state index in [9.17, 15) is 18.5 Å². The number of nitro benzene ring substituents is 1. The van der Waals surface area contributed by atoms with Crippen LogP contribution in [0.2, 0.25) is 0 Å². The van der Waals surface area contributed by atoms with Crippen molar-refractivity contribution in [2.75, 3.05) is 6.61 Å². The molecule has 0 bridgehead atoms. The lowest BCUT2D eigenvalue weighted by Gasteiger charge is -2.05. The second-order valence-corrected chi connectivity index (χ2v) is 6.61. The number of ether oxygens (including phenoxy) is 1. The SMILES string of the molecule is CCOc1ccc(S(=O)(=O)NN=CC=Cc2ccccc2[N+](=O)[O-])cc1. The monoisotopic (exact) mass is 375 g/mol. The Kier molecular flexibility index (Phi) is 6.45. The first-order valence-corrected chi connectivity index (χ1v) is 9.10. The fraction of sp³-hybridized carbons (Fsp3) is 0.118. The number of rotatable bonds is 8. The van der Waals surface area contributed by atoms with E-state index in [-0.39, 0.29) is 10.6 Å². The Bertz CT molecular complexity index is 922. The molecule has 0 aliphatic carbocycles. The van der Waals surface area contributed by atoms with Crippen LogP contribution in [0.15, 0.2) is 64.6 Å². The Labute approximate surface area is 151 Å². The van der Waals surface area contributed by atoms with Gasteiger partial charge in [0, 0.05) is 12.3 Å². The van der Waals surface area contributed by atoms with Crippen molar-refractivity contribution in [2.45, 2.75) is 11.8 Å². The third-order valence-electron chi connectivity index (χ3n) is 3.19. The van der Waals surface area contributed by atoms with Gasteiger partial charge < -0.3 is 4.74 Å². The van der Waals surface area contributed by atoms with Crippen LogP contribution < -0.4 is 9.57 Å². The van der Waals surface area contributed by atoms with Crippen LogP contribution in [0.5, 0.6) is 5.75 Å². The molecule has 0 aliphatic heterocycles. The topological polar surface area (TPSA) is 111 Å². The molecule has 0 saturated carbocycles. The number of benzene rings is 2. The molecule has 2 rings (SSSR count). The van der Waals surface area contributed by atoms with Gasteiger partial charge in [0.1, 0.15) is 5.75 Å². The molecule has 26 heavy (non-hydrogen) atoms. The van der Waals surface area contributed by atoms with Crippen LogP contribution >= 0.6 is 0 Å². The van der Waals surface area contributed by atoms with Crippen LogP contribution in [-0.4, -0.2) is 26.2 Å². The van der Waals surface area contributed by atoms with E-state index < -0.39 is 14.9 Å². The van der Waals surface area contributed by atoms with E-state index in [1.54, 1.807) is 30.3 Å². The van der Waals surface area contributed by atoms with Crippen molar-refractivity contribution in [1.82, 2.24) is 4.83 Å². The lowest BCUT2D eigenvalue weighted by atomic mass is 10.2. The van der Waals surface area contributed by atoms with Crippen molar-refractivity contribution < 1.29 is 18.1 Å². The summed E-state index contributed by atoms with van der Waals surface area (Å²) in [5.41, 5.74) is 0.338. The molecular weight excluding hydrogens is 358 g/mol. The van der Waals surface area contributed by atoms with E-state index >= 15 is 0 Å². The molecule has 0 radical (unpaired) electrons. The van der Waals surface area contributed by atoms with E-state index in [1.165, 1.54) is 36.6 Å². The number of nitrogens with one attached hydrogen (secondary N) is 1. The van der Waals surface area contributed by atoms with Crippen molar-refractivity contribution in [3.05, 3.63) is 70.3 Å². The highest BCUT2D eigenvalue weighted by Gasteiger charge is 2.12. The molecule has 0 spiro atoms. The first kappa shape index (κ1) is 19.1. The first-order chi connectivity index (χ1) is 12.4. The number of hydrogen-bond donors (Lipinski definition) is 1. The number of hydrazone groups is 1. The first-order valence-electron chi connectivity index (χ1n) is 7.62. The third kappa shape index (κ3) is 5.15. The van der Waals surface area contributed by atoms with Crippen LogP contribution in [0.25, 0.3) is 6.08 Å². The number of para-hydroxylation sites is 1. The fourth-order valence-electron chi connectivity index (χ4n) is 2.02. The van der Waals surface area contributed by atoms with Gasteiger partial charge in [0.15, 0.2) is 0 Å². The largest absolute Gasteiger partial charge is 0.494 e. The van der Waals surface area contributed by atoms with Crippen molar-refractivity contribution in [3.63, 3.8) is 0 Å². The van der Waals surface area contributed by atoms with Gasteiger partial charge in [-0.25, -0.2) is 4.83 Å². The maximum atomic E-state index is 12.1. The summed E-state index contributed by atoms with van der Waals surface area (Å²) in [7, 11) is -3.80. The average Bonchev–Trinajstić information content (AvgIpc) is 2.62. The highest BCUT2D eigenvalue weighted by atomic mass is 32.2. The Morgan fingerprint density at radius 3 is 2.54 bits per heavy atom. The summed E-state index contributed by atoms with van der Waals surface area (Å²) >= 11 is 0. The minimum atomic E-state index is -3.80. The average molecular weight is 375 g/mol. The van der Waals surface area contributed by atoms with Gasteiger partial charge in [0.2, 0.25) is 0 Å². The molecule has 1 N–H and O–H groups in total. The minimum absolute atomic E-state index is 0.0424. The van der Waals surface area contributed by atoms with Crippen LogP contribution in [0, 0.1) is 10.1 Å². The van der Waals surface area contributed by atoms with Gasteiger partial charge in [-0.3, -0.25) is 10.1 Å². The zero-order chi connectivity index (χ0) is 19.0. The molecule has 8 nitrogen and oxygen atoms in total.